The number of nitrogens with one attached hydrogen (secondary N) is 2. The summed E-state index contributed by atoms with van der Waals surface area (Å²) < 4.78 is 1.84. The molecule has 3 heterocycles. The fraction of sp³-hybridized carbons (Fsp3) is 0.579. The van der Waals surface area contributed by atoms with Crippen LogP contribution in [0, 0.1) is 13.8 Å². The number of hydrogen-bond acceptors (Lipinski definition) is 6. The van der Waals surface area contributed by atoms with Crippen LogP contribution >= 0.6 is 0 Å². The van der Waals surface area contributed by atoms with Crippen LogP contribution in [0.4, 0.5) is 5.82 Å². The van der Waals surface area contributed by atoms with Gasteiger partial charge in [0, 0.05) is 62.3 Å². The van der Waals surface area contributed by atoms with E-state index in [2.05, 4.69) is 43.7 Å². The number of anilines is 1. The lowest BCUT2D eigenvalue weighted by Gasteiger charge is -2.23. The molecular formula is C19H29N7O. The Morgan fingerprint density at radius 3 is 2.78 bits per heavy atom. The smallest absolute Gasteiger partial charge is 0.288 e. The lowest BCUT2D eigenvalue weighted by Crippen LogP contribution is -2.35. The third kappa shape index (κ3) is 4.10. The van der Waals surface area contributed by atoms with Gasteiger partial charge in [0.25, 0.3) is 5.91 Å². The maximum atomic E-state index is 12.0. The van der Waals surface area contributed by atoms with Gasteiger partial charge in [0.1, 0.15) is 5.82 Å². The summed E-state index contributed by atoms with van der Waals surface area (Å²) in [4.78, 5) is 23.1. The van der Waals surface area contributed by atoms with Crippen LogP contribution < -0.4 is 15.5 Å². The maximum Gasteiger partial charge on any atom is 0.288 e. The highest BCUT2D eigenvalue weighted by molar-refractivity contribution is 5.90. The molecule has 1 aliphatic heterocycles. The van der Waals surface area contributed by atoms with Gasteiger partial charge in [-0.3, -0.25) is 9.48 Å². The van der Waals surface area contributed by atoms with E-state index in [0.717, 1.165) is 43.0 Å². The van der Waals surface area contributed by atoms with Crippen molar-refractivity contribution in [2.45, 2.75) is 45.7 Å². The molecule has 8 nitrogen and oxygen atoms in total. The second-order valence-electron chi connectivity index (χ2n) is 7.17. The largest absolute Gasteiger partial charge is 0.355 e. The molecular weight excluding hydrogens is 342 g/mol. The first-order chi connectivity index (χ1) is 12.9. The van der Waals surface area contributed by atoms with Crippen LogP contribution in [0.5, 0.6) is 0 Å². The van der Waals surface area contributed by atoms with Crippen molar-refractivity contribution >= 4 is 11.7 Å². The molecule has 3 rings (SSSR count). The van der Waals surface area contributed by atoms with Crippen LogP contribution in [0.15, 0.2) is 12.4 Å². The van der Waals surface area contributed by atoms with Crippen molar-refractivity contribution in [3.05, 3.63) is 35.0 Å². The number of aryl methyl sites for hydroxylation is 2. The van der Waals surface area contributed by atoms with Crippen molar-refractivity contribution in [2.24, 2.45) is 7.05 Å². The summed E-state index contributed by atoms with van der Waals surface area (Å²) >= 11 is 0. The van der Waals surface area contributed by atoms with Gasteiger partial charge in [0.15, 0.2) is 0 Å². The molecule has 0 radical (unpaired) electrons. The highest BCUT2D eigenvalue weighted by Gasteiger charge is 2.28. The summed E-state index contributed by atoms with van der Waals surface area (Å²) in [5.41, 5.74) is 3.09. The molecule has 0 saturated carbocycles. The molecule has 1 fully saturated rings. The summed E-state index contributed by atoms with van der Waals surface area (Å²) in [6.07, 6.45) is 6.05. The standard InChI is InChI=1S/C19H29N7O/c1-6-16(14-9-21-25(5)10-14)23-15-7-8-26(11-15)18-12(2)13(3)22-17(24-18)19(27)20-4/h9-10,15-16,23H,6-8,11H2,1-5H3,(H,20,27)/t15-,16?/m1/s1. The molecule has 0 aliphatic carbocycles. The van der Waals surface area contributed by atoms with Gasteiger partial charge in [0.05, 0.1) is 6.20 Å². The minimum absolute atomic E-state index is 0.230. The van der Waals surface area contributed by atoms with Crippen LogP contribution in [-0.2, 0) is 7.05 Å². The SMILES string of the molecule is CCC(N[C@@H]1CCN(c2nc(C(=O)NC)nc(C)c2C)C1)c1cnn(C)c1. The minimum atomic E-state index is -0.254. The van der Waals surface area contributed by atoms with E-state index in [1.807, 2.05) is 31.8 Å². The Kier molecular flexibility index (Phi) is 5.74. The van der Waals surface area contributed by atoms with Crippen LogP contribution in [0.3, 0.4) is 0 Å². The van der Waals surface area contributed by atoms with Gasteiger partial charge in [-0.2, -0.15) is 5.10 Å². The zero-order valence-electron chi connectivity index (χ0n) is 16.8. The first-order valence-electron chi connectivity index (χ1n) is 9.49. The van der Waals surface area contributed by atoms with Crippen molar-refractivity contribution in [3.8, 4) is 0 Å². The van der Waals surface area contributed by atoms with Gasteiger partial charge >= 0.3 is 0 Å². The summed E-state index contributed by atoms with van der Waals surface area (Å²) in [6, 6.07) is 0.659. The van der Waals surface area contributed by atoms with Crippen molar-refractivity contribution < 1.29 is 4.79 Å². The normalized spacial score (nSPS) is 18.0. The van der Waals surface area contributed by atoms with Crippen molar-refractivity contribution in [1.29, 1.82) is 0 Å². The first kappa shape index (κ1) is 19.3. The topological polar surface area (TPSA) is 88.0 Å². The number of aromatic nitrogens is 4. The average molecular weight is 371 g/mol. The Morgan fingerprint density at radius 1 is 1.37 bits per heavy atom. The number of rotatable bonds is 6. The second-order valence-corrected chi connectivity index (χ2v) is 7.17. The highest BCUT2D eigenvalue weighted by atomic mass is 16.2. The van der Waals surface area contributed by atoms with Crippen molar-refractivity contribution in [2.75, 3.05) is 25.0 Å². The lowest BCUT2D eigenvalue weighted by atomic mass is 10.1. The molecule has 2 aromatic rings. The van der Waals surface area contributed by atoms with Gasteiger partial charge in [0.2, 0.25) is 5.82 Å². The molecule has 1 saturated heterocycles. The van der Waals surface area contributed by atoms with Crippen molar-refractivity contribution in [1.82, 2.24) is 30.4 Å². The maximum absolute atomic E-state index is 12.0. The first-order valence-corrected chi connectivity index (χ1v) is 9.49. The molecule has 2 aromatic heterocycles. The predicted molar refractivity (Wildman–Crippen MR) is 105 cm³/mol. The van der Waals surface area contributed by atoms with E-state index in [1.54, 1.807) is 7.05 Å². The van der Waals surface area contributed by atoms with Gasteiger partial charge in [-0.05, 0) is 26.7 Å². The molecule has 8 heteroatoms. The number of carbonyl (C=O) groups is 1. The quantitative estimate of drug-likeness (QED) is 0.800. The fourth-order valence-corrected chi connectivity index (χ4v) is 3.58. The third-order valence-electron chi connectivity index (χ3n) is 5.25. The number of carbonyl (C=O) groups excluding carboxylic acids is 1. The van der Waals surface area contributed by atoms with E-state index in [4.69, 9.17) is 0 Å². The Balaban J connectivity index is 1.74. The van der Waals surface area contributed by atoms with Gasteiger partial charge < -0.3 is 15.5 Å². The number of nitrogens with zero attached hydrogens (tertiary/aromatic N) is 5. The van der Waals surface area contributed by atoms with E-state index in [0.29, 0.717) is 12.1 Å². The van der Waals surface area contributed by atoms with Crippen LogP contribution in [-0.4, -0.2) is 51.8 Å². The Bertz CT molecular complexity index is 816. The van der Waals surface area contributed by atoms with Crippen LogP contribution in [0.25, 0.3) is 0 Å². The molecule has 0 aromatic carbocycles. The summed E-state index contributed by atoms with van der Waals surface area (Å²) in [5, 5.41) is 10.7. The molecule has 2 atom stereocenters. The Hall–Kier alpha value is -2.48. The van der Waals surface area contributed by atoms with E-state index in [1.165, 1.54) is 5.56 Å². The van der Waals surface area contributed by atoms with Gasteiger partial charge in [-0.15, -0.1) is 0 Å². The fourth-order valence-electron chi connectivity index (χ4n) is 3.58. The molecule has 0 bridgehead atoms. The number of hydrogen-bond donors (Lipinski definition) is 2. The third-order valence-corrected chi connectivity index (χ3v) is 5.25. The lowest BCUT2D eigenvalue weighted by molar-refractivity contribution is 0.0952. The molecule has 1 amide bonds. The van der Waals surface area contributed by atoms with Gasteiger partial charge in [-0.1, -0.05) is 6.92 Å². The summed E-state index contributed by atoms with van der Waals surface area (Å²) in [5.74, 6) is 0.837. The predicted octanol–water partition coefficient (Wildman–Crippen LogP) is 1.51. The Morgan fingerprint density at radius 2 is 2.15 bits per heavy atom. The zero-order chi connectivity index (χ0) is 19.6. The minimum Gasteiger partial charge on any atom is -0.355 e. The highest BCUT2D eigenvalue weighted by Crippen LogP contribution is 2.26. The molecule has 0 spiro atoms. The average Bonchev–Trinajstić information content (AvgIpc) is 3.30. The zero-order valence-corrected chi connectivity index (χ0v) is 16.8. The summed E-state index contributed by atoms with van der Waals surface area (Å²) in [7, 11) is 3.54. The van der Waals surface area contributed by atoms with E-state index in [9.17, 15) is 4.79 Å². The molecule has 146 valence electrons. The van der Waals surface area contributed by atoms with Crippen molar-refractivity contribution in [3.63, 3.8) is 0 Å². The Labute approximate surface area is 160 Å². The molecule has 2 N–H and O–H groups in total. The summed E-state index contributed by atoms with van der Waals surface area (Å²) in [6.45, 7) is 7.90. The molecule has 1 unspecified atom stereocenters. The van der Waals surface area contributed by atoms with Crippen LogP contribution in [0.2, 0.25) is 0 Å². The van der Waals surface area contributed by atoms with E-state index < -0.39 is 0 Å². The van der Waals surface area contributed by atoms with Gasteiger partial charge in [-0.25, -0.2) is 9.97 Å². The van der Waals surface area contributed by atoms with Crippen LogP contribution in [0.1, 0.15) is 53.2 Å². The van der Waals surface area contributed by atoms with E-state index in [-0.39, 0.29) is 11.7 Å². The van der Waals surface area contributed by atoms with E-state index >= 15 is 0 Å². The monoisotopic (exact) mass is 371 g/mol. The molecule has 27 heavy (non-hydrogen) atoms. The second kappa shape index (κ2) is 8.04. The molecule has 1 aliphatic rings. The number of amides is 1.